The number of hydrogen-bond donors (Lipinski definition) is 0. The van der Waals surface area contributed by atoms with Gasteiger partial charge in [-0.05, 0) is 58.2 Å². The fraction of sp³-hybridized carbons (Fsp3) is 0.692. The summed E-state index contributed by atoms with van der Waals surface area (Å²) in [7, 11) is 0. The Labute approximate surface area is 87.5 Å². The molecule has 2 heterocycles. The molecule has 1 atom stereocenters. The maximum Gasteiger partial charge on any atom is 0.0354 e. The summed E-state index contributed by atoms with van der Waals surface area (Å²) >= 11 is 0. The summed E-state index contributed by atoms with van der Waals surface area (Å²) in [5.41, 5.74) is 6.31. The van der Waals surface area contributed by atoms with Crippen LogP contribution in [0, 0.1) is 0 Å². The Balaban J connectivity index is 2.42. The quantitative estimate of drug-likeness (QED) is 0.568. The van der Waals surface area contributed by atoms with E-state index in [1.807, 2.05) is 0 Å². The zero-order valence-electron chi connectivity index (χ0n) is 9.85. The third-order valence-electron chi connectivity index (χ3n) is 3.53. The monoisotopic (exact) mass is 191 g/mol. The molecule has 0 aliphatic carbocycles. The van der Waals surface area contributed by atoms with Crippen LogP contribution >= 0.6 is 0 Å². The molecule has 0 radical (unpaired) electrons. The van der Waals surface area contributed by atoms with E-state index in [4.69, 9.17) is 0 Å². The molecule has 14 heavy (non-hydrogen) atoms. The highest BCUT2D eigenvalue weighted by atomic mass is 15.2. The molecule has 0 N–H and O–H groups in total. The average Bonchev–Trinajstić information content (AvgIpc) is 2.58. The summed E-state index contributed by atoms with van der Waals surface area (Å²) in [6.45, 7) is 11.5. The largest absolute Gasteiger partial charge is 0.292 e. The highest BCUT2D eigenvalue weighted by Crippen LogP contribution is 2.38. The van der Waals surface area contributed by atoms with Gasteiger partial charge in [-0.2, -0.15) is 0 Å². The maximum atomic E-state index is 2.64. The molecule has 1 heteroatoms. The highest BCUT2D eigenvalue weighted by molar-refractivity contribution is 5.46. The molecule has 2 saturated heterocycles. The zero-order chi connectivity index (χ0) is 10.3. The van der Waals surface area contributed by atoms with Gasteiger partial charge < -0.3 is 0 Å². The van der Waals surface area contributed by atoms with Crippen LogP contribution in [0.3, 0.4) is 0 Å². The lowest BCUT2D eigenvalue weighted by Gasteiger charge is -2.14. The molecule has 78 valence electrons. The molecular weight excluding hydrogens is 170 g/mol. The minimum absolute atomic E-state index is 0.755. The van der Waals surface area contributed by atoms with Gasteiger partial charge in [0.2, 0.25) is 0 Å². The van der Waals surface area contributed by atoms with E-state index in [1.165, 1.54) is 37.1 Å². The fourth-order valence-electron chi connectivity index (χ4n) is 2.89. The van der Waals surface area contributed by atoms with Crippen LogP contribution in [0.15, 0.2) is 22.3 Å². The third kappa shape index (κ3) is 1.44. The molecule has 0 amide bonds. The van der Waals surface area contributed by atoms with Crippen LogP contribution < -0.4 is 0 Å². The van der Waals surface area contributed by atoms with E-state index in [0.717, 1.165) is 6.04 Å². The smallest absolute Gasteiger partial charge is 0.0354 e. The second-order valence-electron chi connectivity index (χ2n) is 5.02. The first kappa shape index (κ1) is 9.97. The SMILES string of the molecule is CC(C)=C1CN2CCCC2C1=C(C)C. The van der Waals surface area contributed by atoms with Crippen LogP contribution in [0.2, 0.25) is 0 Å². The van der Waals surface area contributed by atoms with Crippen LogP contribution in [-0.4, -0.2) is 24.0 Å². The van der Waals surface area contributed by atoms with Crippen molar-refractivity contribution in [2.75, 3.05) is 13.1 Å². The summed E-state index contributed by atoms with van der Waals surface area (Å²) in [6, 6.07) is 0.755. The summed E-state index contributed by atoms with van der Waals surface area (Å²) in [6.07, 6.45) is 2.76. The van der Waals surface area contributed by atoms with Gasteiger partial charge in [-0.1, -0.05) is 11.1 Å². The molecular formula is C13H21N. The van der Waals surface area contributed by atoms with Crippen LogP contribution in [0.1, 0.15) is 40.5 Å². The standard InChI is InChI=1S/C13H21N/c1-9(2)11-8-14-7-5-6-12(14)13(11)10(3)4/h12H,5-8H2,1-4H3. The normalized spacial score (nSPS) is 27.0. The van der Waals surface area contributed by atoms with Gasteiger partial charge in [-0.25, -0.2) is 0 Å². The second kappa shape index (κ2) is 3.54. The molecule has 0 spiro atoms. The van der Waals surface area contributed by atoms with E-state index < -0.39 is 0 Å². The Kier molecular flexibility index (Phi) is 2.52. The summed E-state index contributed by atoms with van der Waals surface area (Å²) < 4.78 is 0. The van der Waals surface area contributed by atoms with Crippen molar-refractivity contribution >= 4 is 0 Å². The van der Waals surface area contributed by atoms with E-state index in [1.54, 1.807) is 11.1 Å². The lowest BCUT2D eigenvalue weighted by molar-refractivity contribution is 0.345. The number of fused-ring (bicyclic) bond motifs is 1. The Bertz CT molecular complexity index is 301. The molecule has 2 fully saturated rings. The number of hydrogen-bond acceptors (Lipinski definition) is 1. The first-order valence-electron chi connectivity index (χ1n) is 5.69. The predicted molar refractivity (Wildman–Crippen MR) is 61.3 cm³/mol. The van der Waals surface area contributed by atoms with Crippen molar-refractivity contribution < 1.29 is 0 Å². The van der Waals surface area contributed by atoms with Gasteiger partial charge >= 0.3 is 0 Å². The molecule has 0 saturated carbocycles. The molecule has 0 bridgehead atoms. The van der Waals surface area contributed by atoms with E-state index in [-0.39, 0.29) is 0 Å². The van der Waals surface area contributed by atoms with E-state index >= 15 is 0 Å². The first-order valence-corrected chi connectivity index (χ1v) is 5.69. The van der Waals surface area contributed by atoms with Crippen molar-refractivity contribution in [3.05, 3.63) is 22.3 Å². The molecule has 1 nitrogen and oxygen atoms in total. The van der Waals surface area contributed by atoms with Gasteiger partial charge in [0, 0.05) is 12.6 Å². The summed E-state index contributed by atoms with van der Waals surface area (Å²) in [5.74, 6) is 0. The maximum absolute atomic E-state index is 2.64. The van der Waals surface area contributed by atoms with E-state index in [0.29, 0.717) is 0 Å². The van der Waals surface area contributed by atoms with Crippen LogP contribution in [0.5, 0.6) is 0 Å². The lowest BCUT2D eigenvalue weighted by Crippen LogP contribution is -2.22. The number of allylic oxidation sites excluding steroid dienone is 2. The topological polar surface area (TPSA) is 3.24 Å². The predicted octanol–water partition coefficient (Wildman–Crippen LogP) is 3.14. The number of rotatable bonds is 0. The molecule has 2 rings (SSSR count). The van der Waals surface area contributed by atoms with Crippen molar-refractivity contribution in [1.29, 1.82) is 0 Å². The Hall–Kier alpha value is -0.560. The van der Waals surface area contributed by atoms with Crippen molar-refractivity contribution in [1.82, 2.24) is 4.90 Å². The molecule has 2 aliphatic rings. The lowest BCUT2D eigenvalue weighted by atomic mass is 9.94. The van der Waals surface area contributed by atoms with E-state index in [2.05, 4.69) is 32.6 Å². The summed E-state index contributed by atoms with van der Waals surface area (Å²) in [5, 5.41) is 0. The zero-order valence-corrected chi connectivity index (χ0v) is 9.85. The van der Waals surface area contributed by atoms with Crippen LogP contribution in [0.4, 0.5) is 0 Å². The Morgan fingerprint density at radius 3 is 2.43 bits per heavy atom. The van der Waals surface area contributed by atoms with Gasteiger partial charge in [0.25, 0.3) is 0 Å². The van der Waals surface area contributed by atoms with Crippen molar-refractivity contribution in [3.8, 4) is 0 Å². The van der Waals surface area contributed by atoms with Gasteiger partial charge in [-0.3, -0.25) is 4.90 Å². The molecule has 0 aromatic carbocycles. The molecule has 0 aromatic heterocycles. The number of nitrogens with zero attached hydrogens (tertiary/aromatic N) is 1. The first-order chi connectivity index (χ1) is 6.61. The highest BCUT2D eigenvalue weighted by Gasteiger charge is 2.36. The Morgan fingerprint density at radius 1 is 1.14 bits per heavy atom. The second-order valence-corrected chi connectivity index (χ2v) is 5.02. The minimum Gasteiger partial charge on any atom is -0.292 e. The van der Waals surface area contributed by atoms with Gasteiger partial charge in [0.15, 0.2) is 0 Å². The van der Waals surface area contributed by atoms with Gasteiger partial charge in [0.1, 0.15) is 0 Å². The van der Waals surface area contributed by atoms with Crippen LogP contribution in [-0.2, 0) is 0 Å². The van der Waals surface area contributed by atoms with Gasteiger partial charge in [-0.15, -0.1) is 0 Å². The van der Waals surface area contributed by atoms with Crippen molar-refractivity contribution in [2.24, 2.45) is 0 Å². The molecule has 2 aliphatic heterocycles. The van der Waals surface area contributed by atoms with Crippen molar-refractivity contribution in [3.63, 3.8) is 0 Å². The fourth-order valence-corrected chi connectivity index (χ4v) is 2.89. The molecule has 0 aromatic rings. The minimum atomic E-state index is 0.755. The van der Waals surface area contributed by atoms with Crippen LogP contribution in [0.25, 0.3) is 0 Å². The molecule has 1 unspecified atom stereocenters. The van der Waals surface area contributed by atoms with Crippen molar-refractivity contribution in [2.45, 2.75) is 46.6 Å². The van der Waals surface area contributed by atoms with E-state index in [9.17, 15) is 0 Å². The average molecular weight is 191 g/mol. The summed E-state index contributed by atoms with van der Waals surface area (Å²) in [4.78, 5) is 2.64. The van der Waals surface area contributed by atoms with Gasteiger partial charge in [0.05, 0.1) is 0 Å². The third-order valence-corrected chi connectivity index (χ3v) is 3.53. The Morgan fingerprint density at radius 2 is 1.86 bits per heavy atom.